The number of carboxylic acids is 1. The van der Waals surface area contributed by atoms with Gasteiger partial charge in [-0.25, -0.2) is 14.2 Å². The summed E-state index contributed by atoms with van der Waals surface area (Å²) in [6, 6.07) is 21.1. The fraction of sp³-hybridized carbons (Fsp3) is 0. The van der Waals surface area contributed by atoms with E-state index in [-0.39, 0.29) is 17.3 Å². The van der Waals surface area contributed by atoms with E-state index >= 15 is 0 Å². The van der Waals surface area contributed by atoms with E-state index in [9.17, 15) is 19.1 Å². The molecule has 7 heteroatoms. The van der Waals surface area contributed by atoms with Crippen LogP contribution in [0.3, 0.4) is 0 Å². The minimum absolute atomic E-state index is 0.111. The number of amides is 1. The van der Waals surface area contributed by atoms with Gasteiger partial charge < -0.3 is 5.11 Å². The first-order valence-electron chi connectivity index (χ1n) is 8.98. The largest absolute Gasteiger partial charge is 0.478 e. The normalized spacial score (nSPS) is 16.4. The van der Waals surface area contributed by atoms with Gasteiger partial charge in [-0.1, -0.05) is 36.4 Å². The van der Waals surface area contributed by atoms with Crippen LogP contribution in [-0.4, -0.2) is 22.2 Å². The Morgan fingerprint density at radius 3 is 2.43 bits per heavy atom. The van der Waals surface area contributed by atoms with E-state index in [0.29, 0.717) is 27.0 Å². The van der Waals surface area contributed by atoms with E-state index in [0.717, 1.165) is 0 Å². The molecular weight excluding hydrogens is 403 g/mol. The van der Waals surface area contributed by atoms with Crippen molar-refractivity contribution in [2.75, 3.05) is 4.90 Å². The third kappa shape index (κ3) is 4.16. The van der Waals surface area contributed by atoms with Crippen LogP contribution in [0.2, 0.25) is 0 Å². The van der Waals surface area contributed by atoms with Crippen LogP contribution in [0, 0.1) is 5.82 Å². The highest BCUT2D eigenvalue weighted by Crippen LogP contribution is 2.37. The standard InChI is InChI=1S/C23H15FN2O3S/c24-17-11-9-15(10-12-17)13-20-21(27)26(19-7-2-1-3-8-19)23(30-20)25-18-6-4-5-16(14-18)22(28)29/h1-14H,(H,28,29)/b20-13-,25-23?. The number of anilines is 1. The van der Waals surface area contributed by atoms with Gasteiger partial charge in [0.2, 0.25) is 0 Å². The predicted molar refractivity (Wildman–Crippen MR) is 116 cm³/mol. The molecule has 1 amide bonds. The summed E-state index contributed by atoms with van der Waals surface area (Å²) in [6.45, 7) is 0. The Morgan fingerprint density at radius 2 is 1.73 bits per heavy atom. The van der Waals surface area contributed by atoms with Crippen molar-refractivity contribution in [2.24, 2.45) is 4.99 Å². The lowest BCUT2D eigenvalue weighted by atomic mass is 10.2. The summed E-state index contributed by atoms with van der Waals surface area (Å²) in [5.41, 5.74) is 1.87. The quantitative estimate of drug-likeness (QED) is 0.581. The number of nitrogens with zero attached hydrogens (tertiary/aromatic N) is 2. The van der Waals surface area contributed by atoms with Crippen molar-refractivity contribution < 1.29 is 19.1 Å². The van der Waals surface area contributed by atoms with Gasteiger partial charge >= 0.3 is 5.97 Å². The van der Waals surface area contributed by atoms with Crippen LogP contribution >= 0.6 is 11.8 Å². The Kier molecular flexibility index (Phi) is 5.45. The zero-order chi connectivity index (χ0) is 21.1. The van der Waals surface area contributed by atoms with E-state index < -0.39 is 5.97 Å². The van der Waals surface area contributed by atoms with Crippen LogP contribution in [0.5, 0.6) is 0 Å². The molecule has 3 aromatic rings. The Morgan fingerprint density at radius 1 is 1.00 bits per heavy atom. The first kappa shape index (κ1) is 19.6. The maximum atomic E-state index is 13.2. The van der Waals surface area contributed by atoms with Crippen LogP contribution < -0.4 is 4.90 Å². The molecule has 1 aliphatic rings. The second kappa shape index (κ2) is 8.34. The highest BCUT2D eigenvalue weighted by molar-refractivity contribution is 8.19. The van der Waals surface area contributed by atoms with Crippen molar-refractivity contribution in [1.82, 2.24) is 0 Å². The van der Waals surface area contributed by atoms with E-state index in [4.69, 9.17) is 0 Å². The molecule has 1 aliphatic heterocycles. The molecule has 5 nitrogen and oxygen atoms in total. The maximum Gasteiger partial charge on any atom is 0.335 e. The number of carbonyl (C=O) groups excluding carboxylic acids is 1. The molecule has 1 N–H and O–H groups in total. The molecule has 0 unspecified atom stereocenters. The smallest absolute Gasteiger partial charge is 0.335 e. The van der Waals surface area contributed by atoms with Gasteiger partial charge in [0.05, 0.1) is 21.8 Å². The number of carbonyl (C=O) groups is 2. The first-order chi connectivity index (χ1) is 14.5. The Bertz CT molecular complexity index is 1170. The Hall–Kier alpha value is -3.71. The molecule has 0 aromatic heterocycles. The lowest BCUT2D eigenvalue weighted by molar-refractivity contribution is -0.113. The van der Waals surface area contributed by atoms with Crippen molar-refractivity contribution in [1.29, 1.82) is 0 Å². The maximum absolute atomic E-state index is 13.2. The predicted octanol–water partition coefficient (Wildman–Crippen LogP) is 5.33. The van der Waals surface area contributed by atoms with Crippen molar-refractivity contribution in [2.45, 2.75) is 0 Å². The molecule has 3 aromatic carbocycles. The number of hydrogen-bond donors (Lipinski definition) is 1. The number of hydrogen-bond acceptors (Lipinski definition) is 4. The molecule has 1 heterocycles. The number of benzene rings is 3. The van der Waals surface area contributed by atoms with E-state index in [1.54, 1.807) is 42.5 Å². The molecule has 0 bridgehead atoms. The van der Waals surface area contributed by atoms with Gasteiger partial charge in [-0.15, -0.1) is 0 Å². The highest BCUT2D eigenvalue weighted by Gasteiger charge is 2.34. The molecule has 30 heavy (non-hydrogen) atoms. The van der Waals surface area contributed by atoms with Crippen molar-refractivity contribution >= 4 is 46.3 Å². The zero-order valence-corrected chi connectivity index (χ0v) is 16.3. The number of amidine groups is 1. The number of halogens is 1. The van der Waals surface area contributed by atoms with Crippen molar-refractivity contribution in [3.63, 3.8) is 0 Å². The topological polar surface area (TPSA) is 70.0 Å². The summed E-state index contributed by atoms with van der Waals surface area (Å²) in [4.78, 5) is 30.8. The van der Waals surface area contributed by atoms with Crippen molar-refractivity contribution in [3.8, 4) is 0 Å². The summed E-state index contributed by atoms with van der Waals surface area (Å²) in [5, 5.41) is 9.62. The number of rotatable bonds is 4. The van der Waals surface area contributed by atoms with Crippen LogP contribution in [0.15, 0.2) is 88.8 Å². The molecule has 0 radical (unpaired) electrons. The fourth-order valence-electron chi connectivity index (χ4n) is 2.88. The van der Waals surface area contributed by atoms with E-state index in [1.165, 1.54) is 40.9 Å². The van der Waals surface area contributed by atoms with Gasteiger partial charge in [0.1, 0.15) is 5.82 Å². The van der Waals surface area contributed by atoms with Crippen LogP contribution in [0.4, 0.5) is 15.8 Å². The summed E-state index contributed by atoms with van der Waals surface area (Å²) in [6.07, 6.45) is 1.68. The summed E-state index contributed by atoms with van der Waals surface area (Å²) in [7, 11) is 0. The SMILES string of the molecule is O=C(O)c1cccc(N=C2S/C(=C\c3ccc(F)cc3)C(=O)N2c2ccccc2)c1. The lowest BCUT2D eigenvalue weighted by Crippen LogP contribution is -2.28. The monoisotopic (exact) mass is 418 g/mol. The molecule has 0 atom stereocenters. The number of thioether (sulfide) groups is 1. The van der Waals surface area contributed by atoms with Gasteiger partial charge in [-0.3, -0.25) is 9.69 Å². The fourth-order valence-corrected chi connectivity index (χ4v) is 3.88. The van der Waals surface area contributed by atoms with Crippen molar-refractivity contribution in [3.05, 3.63) is 101 Å². The van der Waals surface area contributed by atoms with E-state index in [1.807, 2.05) is 18.2 Å². The molecule has 4 rings (SSSR count). The summed E-state index contributed by atoms with van der Waals surface area (Å²) in [5.74, 6) is -1.67. The van der Waals surface area contributed by atoms with Crippen LogP contribution in [0.1, 0.15) is 15.9 Å². The Labute approximate surface area is 176 Å². The molecule has 0 saturated carbocycles. The number of carboxylic acid groups (broad SMARTS) is 1. The van der Waals surface area contributed by atoms with Gasteiger partial charge in [0, 0.05) is 0 Å². The van der Waals surface area contributed by atoms with Crippen LogP contribution in [-0.2, 0) is 4.79 Å². The third-order valence-corrected chi connectivity index (χ3v) is 5.28. The molecule has 148 valence electrons. The van der Waals surface area contributed by atoms with Gasteiger partial charge in [0.25, 0.3) is 5.91 Å². The second-order valence-electron chi connectivity index (χ2n) is 6.39. The molecular formula is C23H15FN2O3S. The van der Waals surface area contributed by atoms with Gasteiger partial charge in [0.15, 0.2) is 5.17 Å². The molecule has 1 fully saturated rings. The average Bonchev–Trinajstić information content (AvgIpc) is 3.05. The summed E-state index contributed by atoms with van der Waals surface area (Å²) >= 11 is 1.18. The lowest BCUT2D eigenvalue weighted by Gasteiger charge is -2.15. The first-order valence-corrected chi connectivity index (χ1v) is 9.79. The summed E-state index contributed by atoms with van der Waals surface area (Å²) < 4.78 is 13.2. The minimum Gasteiger partial charge on any atom is -0.478 e. The molecule has 1 saturated heterocycles. The van der Waals surface area contributed by atoms with Gasteiger partial charge in [-0.2, -0.15) is 0 Å². The molecule has 0 spiro atoms. The molecule has 0 aliphatic carbocycles. The second-order valence-corrected chi connectivity index (χ2v) is 7.40. The minimum atomic E-state index is -1.05. The zero-order valence-electron chi connectivity index (χ0n) is 15.5. The number of para-hydroxylation sites is 1. The third-order valence-electron chi connectivity index (χ3n) is 4.31. The van der Waals surface area contributed by atoms with Gasteiger partial charge in [-0.05, 0) is 65.9 Å². The number of aliphatic imine (C=N–C) groups is 1. The van der Waals surface area contributed by atoms with E-state index in [2.05, 4.69) is 4.99 Å². The van der Waals surface area contributed by atoms with Crippen LogP contribution in [0.25, 0.3) is 6.08 Å². The number of aromatic carboxylic acids is 1. The Balaban J connectivity index is 1.77. The average molecular weight is 418 g/mol. The highest BCUT2D eigenvalue weighted by atomic mass is 32.2.